The predicted octanol–water partition coefficient (Wildman–Crippen LogP) is 2.26. The lowest BCUT2D eigenvalue weighted by atomic mass is 10.2. The molecule has 1 heterocycles. The highest BCUT2D eigenvalue weighted by Gasteiger charge is 2.30. The number of sulfonamides is 1. The zero-order valence-corrected chi connectivity index (χ0v) is 17.8. The van der Waals surface area contributed by atoms with E-state index in [1.165, 1.54) is 4.31 Å². The minimum atomic E-state index is -3.53. The molecule has 0 bridgehead atoms. The van der Waals surface area contributed by atoms with Crippen molar-refractivity contribution in [3.8, 4) is 5.75 Å². The number of hydrogen-bond donors (Lipinski definition) is 1. The van der Waals surface area contributed by atoms with Gasteiger partial charge in [-0.2, -0.15) is 4.31 Å². The second kappa shape index (κ2) is 8.94. The average Bonchev–Trinajstić information content (AvgIpc) is 2.70. The Bertz CT molecular complexity index is 983. The third-order valence-electron chi connectivity index (χ3n) is 5.01. The topological polar surface area (TPSA) is 79.0 Å². The van der Waals surface area contributed by atoms with Crippen LogP contribution < -0.4 is 10.1 Å². The second-order valence-corrected chi connectivity index (χ2v) is 9.14. The van der Waals surface area contributed by atoms with Crippen molar-refractivity contribution in [3.63, 3.8) is 0 Å². The van der Waals surface area contributed by atoms with Crippen LogP contribution in [0.25, 0.3) is 0 Å². The number of hydrogen-bond acceptors (Lipinski definition) is 5. The maximum atomic E-state index is 13.0. The van der Waals surface area contributed by atoms with E-state index in [1.807, 2.05) is 43.0 Å². The van der Waals surface area contributed by atoms with Crippen molar-refractivity contribution in [2.24, 2.45) is 0 Å². The van der Waals surface area contributed by atoms with Gasteiger partial charge in [0.1, 0.15) is 5.75 Å². The smallest absolute Gasteiger partial charge is 0.243 e. The fourth-order valence-corrected chi connectivity index (χ4v) is 5.09. The van der Waals surface area contributed by atoms with E-state index in [0.29, 0.717) is 42.5 Å². The molecule has 156 valence electrons. The Balaban J connectivity index is 1.57. The number of aryl methyl sites for hydroxylation is 2. The van der Waals surface area contributed by atoms with E-state index in [4.69, 9.17) is 4.74 Å². The van der Waals surface area contributed by atoms with Gasteiger partial charge in [0.05, 0.1) is 18.6 Å². The van der Waals surface area contributed by atoms with Crippen LogP contribution in [-0.4, -0.2) is 63.4 Å². The van der Waals surface area contributed by atoms with Gasteiger partial charge in [-0.05, 0) is 43.2 Å². The van der Waals surface area contributed by atoms with Crippen LogP contribution in [0, 0.1) is 13.8 Å². The molecule has 0 aliphatic carbocycles. The van der Waals surface area contributed by atoms with Crippen LogP contribution in [0.4, 0.5) is 5.69 Å². The molecule has 7 nitrogen and oxygen atoms in total. The molecule has 1 saturated heterocycles. The lowest BCUT2D eigenvalue weighted by Gasteiger charge is -2.33. The predicted molar refractivity (Wildman–Crippen MR) is 113 cm³/mol. The van der Waals surface area contributed by atoms with E-state index >= 15 is 0 Å². The van der Waals surface area contributed by atoms with Gasteiger partial charge in [-0.25, -0.2) is 8.42 Å². The standard InChI is InChI=1S/C21H27N3O4S/c1-16-7-8-17(2)20(13-16)29(26,27)24-11-9-23(10-12-24)15-21(25)22-18-5-4-6-19(14-18)28-3/h4-8,13-14H,9-12,15H2,1-3H3,(H,22,25). The molecule has 1 amide bonds. The Hall–Kier alpha value is -2.42. The molecule has 1 fully saturated rings. The molecule has 1 N–H and O–H groups in total. The normalized spacial score (nSPS) is 15.8. The zero-order valence-electron chi connectivity index (χ0n) is 17.0. The second-order valence-electron chi connectivity index (χ2n) is 7.23. The van der Waals surface area contributed by atoms with Gasteiger partial charge in [0.25, 0.3) is 0 Å². The van der Waals surface area contributed by atoms with Gasteiger partial charge in [0.15, 0.2) is 0 Å². The number of anilines is 1. The molecule has 1 aliphatic rings. The van der Waals surface area contributed by atoms with Gasteiger partial charge in [-0.3, -0.25) is 9.69 Å². The minimum absolute atomic E-state index is 0.135. The van der Waals surface area contributed by atoms with E-state index < -0.39 is 10.0 Å². The number of methoxy groups -OCH3 is 1. The molecule has 8 heteroatoms. The fourth-order valence-electron chi connectivity index (χ4n) is 3.36. The van der Waals surface area contributed by atoms with Crippen LogP contribution in [0.15, 0.2) is 47.4 Å². The summed E-state index contributed by atoms with van der Waals surface area (Å²) in [6.07, 6.45) is 0. The molecule has 2 aromatic rings. The number of carbonyl (C=O) groups excluding carboxylic acids is 1. The molecule has 3 rings (SSSR count). The first-order valence-electron chi connectivity index (χ1n) is 9.53. The van der Waals surface area contributed by atoms with Crippen molar-refractivity contribution in [2.45, 2.75) is 18.7 Å². The average molecular weight is 418 g/mol. The molecule has 0 spiro atoms. The maximum absolute atomic E-state index is 13.0. The van der Waals surface area contributed by atoms with E-state index in [0.717, 1.165) is 11.1 Å². The first-order valence-corrected chi connectivity index (χ1v) is 11.0. The van der Waals surface area contributed by atoms with Gasteiger partial charge in [-0.15, -0.1) is 0 Å². The van der Waals surface area contributed by atoms with E-state index in [-0.39, 0.29) is 12.5 Å². The summed E-state index contributed by atoms with van der Waals surface area (Å²) in [6.45, 7) is 5.66. The molecule has 0 radical (unpaired) electrons. The Morgan fingerprint density at radius 2 is 1.79 bits per heavy atom. The number of nitrogens with zero attached hydrogens (tertiary/aromatic N) is 2. The van der Waals surface area contributed by atoms with Gasteiger partial charge in [0, 0.05) is 37.9 Å². The van der Waals surface area contributed by atoms with Crippen molar-refractivity contribution >= 4 is 21.6 Å². The van der Waals surface area contributed by atoms with Crippen LogP contribution >= 0.6 is 0 Å². The number of nitrogens with one attached hydrogen (secondary N) is 1. The lowest BCUT2D eigenvalue weighted by molar-refractivity contribution is -0.117. The number of rotatable bonds is 6. The first-order chi connectivity index (χ1) is 13.8. The largest absolute Gasteiger partial charge is 0.497 e. The quantitative estimate of drug-likeness (QED) is 0.780. The minimum Gasteiger partial charge on any atom is -0.497 e. The molecule has 0 aromatic heterocycles. The van der Waals surface area contributed by atoms with Gasteiger partial charge < -0.3 is 10.1 Å². The third kappa shape index (κ3) is 5.14. The van der Waals surface area contributed by atoms with Crippen molar-refractivity contribution in [3.05, 3.63) is 53.6 Å². The SMILES string of the molecule is COc1cccc(NC(=O)CN2CCN(S(=O)(=O)c3cc(C)ccc3C)CC2)c1. The summed E-state index contributed by atoms with van der Waals surface area (Å²) in [5, 5.41) is 2.85. The molecule has 1 aliphatic heterocycles. The molecule has 0 atom stereocenters. The molecule has 2 aromatic carbocycles. The van der Waals surface area contributed by atoms with Gasteiger partial charge in [0.2, 0.25) is 15.9 Å². The Labute approximate surface area is 172 Å². The zero-order chi connectivity index (χ0) is 21.0. The van der Waals surface area contributed by atoms with Crippen molar-refractivity contribution in [1.82, 2.24) is 9.21 Å². The number of piperazine rings is 1. The Kier molecular flexibility index (Phi) is 6.56. The summed E-state index contributed by atoms with van der Waals surface area (Å²) in [6, 6.07) is 12.6. The molecule has 0 saturated carbocycles. The monoisotopic (exact) mass is 417 g/mol. The van der Waals surface area contributed by atoms with E-state index in [1.54, 1.807) is 25.3 Å². The number of benzene rings is 2. The van der Waals surface area contributed by atoms with Crippen LogP contribution in [0.2, 0.25) is 0 Å². The summed E-state index contributed by atoms with van der Waals surface area (Å²) in [5.41, 5.74) is 2.34. The van der Waals surface area contributed by atoms with Crippen LogP contribution in [0.5, 0.6) is 5.75 Å². The van der Waals surface area contributed by atoms with Crippen LogP contribution in [0.1, 0.15) is 11.1 Å². The van der Waals surface area contributed by atoms with Crippen molar-refractivity contribution < 1.29 is 17.9 Å². The maximum Gasteiger partial charge on any atom is 0.243 e. The summed E-state index contributed by atoms with van der Waals surface area (Å²) in [7, 11) is -1.96. The summed E-state index contributed by atoms with van der Waals surface area (Å²) < 4.78 is 32.7. The molecule has 29 heavy (non-hydrogen) atoms. The number of amides is 1. The van der Waals surface area contributed by atoms with Crippen molar-refractivity contribution in [2.75, 3.05) is 45.2 Å². The fraction of sp³-hybridized carbons (Fsp3) is 0.381. The van der Waals surface area contributed by atoms with E-state index in [9.17, 15) is 13.2 Å². The van der Waals surface area contributed by atoms with Crippen LogP contribution in [-0.2, 0) is 14.8 Å². The third-order valence-corrected chi connectivity index (χ3v) is 7.05. The highest BCUT2D eigenvalue weighted by atomic mass is 32.2. The van der Waals surface area contributed by atoms with E-state index in [2.05, 4.69) is 5.32 Å². The van der Waals surface area contributed by atoms with Crippen molar-refractivity contribution in [1.29, 1.82) is 0 Å². The summed E-state index contributed by atoms with van der Waals surface area (Å²) in [4.78, 5) is 14.7. The Morgan fingerprint density at radius 3 is 2.48 bits per heavy atom. The Morgan fingerprint density at radius 1 is 1.07 bits per heavy atom. The molecule has 0 unspecified atom stereocenters. The summed E-state index contributed by atoms with van der Waals surface area (Å²) in [5.74, 6) is 0.539. The number of ether oxygens (including phenoxy) is 1. The first kappa shape index (κ1) is 21.3. The summed E-state index contributed by atoms with van der Waals surface area (Å²) >= 11 is 0. The van der Waals surface area contributed by atoms with Gasteiger partial charge in [-0.1, -0.05) is 18.2 Å². The van der Waals surface area contributed by atoms with Gasteiger partial charge >= 0.3 is 0 Å². The highest BCUT2D eigenvalue weighted by molar-refractivity contribution is 7.89. The number of carbonyl (C=O) groups is 1. The lowest BCUT2D eigenvalue weighted by Crippen LogP contribution is -2.50. The van der Waals surface area contributed by atoms with Crippen LogP contribution in [0.3, 0.4) is 0 Å². The highest BCUT2D eigenvalue weighted by Crippen LogP contribution is 2.22. The molecular weight excluding hydrogens is 390 g/mol. The molecular formula is C21H27N3O4S.